The van der Waals surface area contributed by atoms with Gasteiger partial charge in [-0.05, 0) is 30.7 Å². The van der Waals surface area contributed by atoms with Gasteiger partial charge in [0.15, 0.2) is 11.5 Å². The lowest BCUT2D eigenvalue weighted by Gasteiger charge is -2.11. The summed E-state index contributed by atoms with van der Waals surface area (Å²) in [6.45, 7) is 1.73. The molecule has 0 aliphatic rings. The third kappa shape index (κ3) is 2.46. The first-order valence-electron chi connectivity index (χ1n) is 5.22. The number of aryl methyl sites for hydroxylation is 1. The number of halogens is 1. The second-order valence-corrected chi connectivity index (χ2v) is 3.89. The Bertz CT molecular complexity index is 575. The first kappa shape index (κ1) is 12.4. The summed E-state index contributed by atoms with van der Waals surface area (Å²) in [5.41, 5.74) is 6.76. The highest BCUT2D eigenvalue weighted by atomic mass is 35.5. The van der Waals surface area contributed by atoms with Crippen molar-refractivity contribution in [2.45, 2.75) is 6.92 Å². The van der Waals surface area contributed by atoms with E-state index in [1.54, 1.807) is 26.2 Å². The molecule has 18 heavy (non-hydrogen) atoms. The fourth-order valence-corrected chi connectivity index (χ4v) is 1.61. The van der Waals surface area contributed by atoms with E-state index in [2.05, 4.69) is 9.97 Å². The zero-order valence-electron chi connectivity index (χ0n) is 9.98. The van der Waals surface area contributed by atoms with E-state index >= 15 is 0 Å². The van der Waals surface area contributed by atoms with Gasteiger partial charge >= 0.3 is 0 Å². The largest absolute Gasteiger partial charge is 0.493 e. The summed E-state index contributed by atoms with van der Waals surface area (Å²) in [4.78, 5) is 7.89. The first-order chi connectivity index (χ1) is 8.61. The van der Waals surface area contributed by atoms with Gasteiger partial charge in [0.25, 0.3) is 0 Å². The van der Waals surface area contributed by atoms with Crippen molar-refractivity contribution in [1.29, 1.82) is 0 Å². The van der Waals surface area contributed by atoms with Crippen LogP contribution in [-0.2, 0) is 0 Å². The summed E-state index contributed by atoms with van der Waals surface area (Å²) in [7, 11) is 1.56. The molecule has 1 aromatic heterocycles. The average molecular weight is 266 g/mol. The Morgan fingerprint density at radius 1 is 1.17 bits per heavy atom. The van der Waals surface area contributed by atoms with E-state index < -0.39 is 0 Å². The van der Waals surface area contributed by atoms with Gasteiger partial charge in [-0.3, -0.25) is 0 Å². The lowest BCUT2D eigenvalue weighted by atomic mass is 10.3. The molecule has 0 radical (unpaired) electrons. The van der Waals surface area contributed by atoms with Crippen molar-refractivity contribution in [1.82, 2.24) is 9.97 Å². The van der Waals surface area contributed by atoms with Crippen LogP contribution in [0.4, 0.5) is 5.69 Å². The fraction of sp³-hybridized carbons (Fsp3) is 0.167. The molecule has 0 amide bonds. The summed E-state index contributed by atoms with van der Waals surface area (Å²) < 4.78 is 10.8. The Morgan fingerprint density at radius 2 is 1.83 bits per heavy atom. The van der Waals surface area contributed by atoms with Crippen molar-refractivity contribution >= 4 is 17.3 Å². The highest BCUT2D eigenvalue weighted by Gasteiger charge is 2.12. The van der Waals surface area contributed by atoms with E-state index in [9.17, 15) is 0 Å². The fourth-order valence-electron chi connectivity index (χ4n) is 1.41. The Labute approximate surface area is 110 Å². The van der Waals surface area contributed by atoms with Crippen LogP contribution < -0.4 is 15.2 Å². The zero-order valence-corrected chi connectivity index (χ0v) is 10.7. The van der Waals surface area contributed by atoms with Crippen molar-refractivity contribution in [2.75, 3.05) is 12.8 Å². The first-order valence-corrected chi connectivity index (χ1v) is 5.60. The van der Waals surface area contributed by atoms with Gasteiger partial charge < -0.3 is 15.2 Å². The third-order valence-electron chi connectivity index (χ3n) is 2.35. The quantitative estimate of drug-likeness (QED) is 0.864. The molecular formula is C12H12ClN3O2. The maximum absolute atomic E-state index is 5.84. The molecule has 94 valence electrons. The number of nitrogens with two attached hydrogens (primary N) is 1. The number of anilines is 1. The van der Waals surface area contributed by atoms with Gasteiger partial charge in [0.1, 0.15) is 5.69 Å². The number of aromatic nitrogens is 2. The molecule has 0 saturated heterocycles. The number of rotatable bonds is 3. The molecule has 2 aromatic rings. The standard InChI is InChI=1S/C12H12ClN3O2/c1-7-10(14)11(16-12(13)15-7)18-9-6-4-3-5-8(9)17-2/h3-6H,14H2,1-2H3. The normalized spacial score (nSPS) is 10.2. The number of nitrogen functional groups attached to an aromatic ring is 1. The minimum atomic E-state index is 0.0894. The molecule has 0 spiro atoms. The minimum Gasteiger partial charge on any atom is -0.493 e. The molecule has 6 heteroatoms. The Balaban J connectivity index is 2.40. The third-order valence-corrected chi connectivity index (χ3v) is 2.52. The molecule has 2 N–H and O–H groups in total. The lowest BCUT2D eigenvalue weighted by Crippen LogP contribution is -2.01. The van der Waals surface area contributed by atoms with Crippen LogP contribution in [-0.4, -0.2) is 17.1 Å². The van der Waals surface area contributed by atoms with Crippen molar-refractivity contribution in [3.63, 3.8) is 0 Å². The van der Waals surface area contributed by atoms with E-state index in [1.165, 1.54) is 0 Å². The molecule has 0 unspecified atom stereocenters. The number of hydrogen-bond donors (Lipinski definition) is 1. The van der Waals surface area contributed by atoms with E-state index in [0.29, 0.717) is 22.9 Å². The van der Waals surface area contributed by atoms with Crippen LogP contribution in [0.25, 0.3) is 0 Å². The molecule has 5 nitrogen and oxygen atoms in total. The summed E-state index contributed by atoms with van der Waals surface area (Å²) in [5.74, 6) is 1.32. The number of benzene rings is 1. The molecule has 0 atom stereocenters. The van der Waals surface area contributed by atoms with E-state index in [4.69, 9.17) is 26.8 Å². The molecule has 2 rings (SSSR count). The highest BCUT2D eigenvalue weighted by molar-refractivity contribution is 6.28. The van der Waals surface area contributed by atoms with Crippen LogP contribution in [0.15, 0.2) is 24.3 Å². The number of ether oxygens (including phenoxy) is 2. The van der Waals surface area contributed by atoms with Gasteiger partial charge in [0, 0.05) is 0 Å². The number of hydrogen-bond acceptors (Lipinski definition) is 5. The van der Waals surface area contributed by atoms with E-state index in [-0.39, 0.29) is 11.2 Å². The molecule has 0 bridgehead atoms. The Morgan fingerprint density at radius 3 is 2.50 bits per heavy atom. The lowest BCUT2D eigenvalue weighted by molar-refractivity contribution is 0.374. The predicted octanol–water partition coefficient (Wildman–Crippen LogP) is 2.82. The van der Waals surface area contributed by atoms with Crippen LogP contribution in [0, 0.1) is 6.92 Å². The van der Waals surface area contributed by atoms with Gasteiger partial charge in [-0.25, -0.2) is 4.98 Å². The van der Waals surface area contributed by atoms with E-state index in [1.807, 2.05) is 12.1 Å². The van der Waals surface area contributed by atoms with Gasteiger partial charge in [-0.1, -0.05) is 12.1 Å². The van der Waals surface area contributed by atoms with Crippen molar-refractivity contribution in [3.05, 3.63) is 35.2 Å². The maximum atomic E-state index is 5.84. The van der Waals surface area contributed by atoms with Crippen LogP contribution >= 0.6 is 11.6 Å². The molecule has 1 heterocycles. The summed E-state index contributed by atoms with van der Waals surface area (Å²) in [6, 6.07) is 7.20. The van der Waals surface area contributed by atoms with Crippen molar-refractivity contribution in [3.8, 4) is 17.4 Å². The predicted molar refractivity (Wildman–Crippen MR) is 69.3 cm³/mol. The van der Waals surface area contributed by atoms with Gasteiger partial charge in [-0.2, -0.15) is 4.98 Å². The van der Waals surface area contributed by atoms with Crippen molar-refractivity contribution in [2.24, 2.45) is 0 Å². The average Bonchev–Trinajstić information content (AvgIpc) is 2.36. The van der Waals surface area contributed by atoms with Gasteiger partial charge in [-0.15, -0.1) is 0 Å². The maximum Gasteiger partial charge on any atom is 0.247 e. The van der Waals surface area contributed by atoms with E-state index in [0.717, 1.165) is 0 Å². The molecule has 1 aromatic carbocycles. The topological polar surface area (TPSA) is 70.3 Å². The second-order valence-electron chi connectivity index (χ2n) is 3.55. The minimum absolute atomic E-state index is 0.0894. The molecular weight excluding hydrogens is 254 g/mol. The van der Waals surface area contributed by atoms with Crippen LogP contribution in [0.5, 0.6) is 17.4 Å². The number of methoxy groups -OCH3 is 1. The van der Waals surface area contributed by atoms with Crippen molar-refractivity contribution < 1.29 is 9.47 Å². The molecule has 0 saturated carbocycles. The summed E-state index contributed by atoms with van der Waals surface area (Å²) >= 11 is 5.77. The second kappa shape index (κ2) is 5.10. The summed E-state index contributed by atoms with van der Waals surface area (Å²) in [6.07, 6.45) is 0. The SMILES string of the molecule is COc1ccccc1Oc1nc(Cl)nc(C)c1N. The number of nitrogens with zero attached hydrogens (tertiary/aromatic N) is 2. The zero-order chi connectivity index (χ0) is 13.1. The van der Waals surface area contributed by atoms with Gasteiger partial charge in [0.05, 0.1) is 12.8 Å². The molecule has 0 aliphatic carbocycles. The Hall–Kier alpha value is -2.01. The molecule has 0 aliphatic heterocycles. The smallest absolute Gasteiger partial charge is 0.247 e. The van der Waals surface area contributed by atoms with Crippen LogP contribution in [0.1, 0.15) is 5.69 Å². The summed E-state index contributed by atoms with van der Waals surface area (Å²) in [5, 5.41) is 0.0894. The molecule has 0 fully saturated rings. The monoisotopic (exact) mass is 265 g/mol. The van der Waals surface area contributed by atoms with Gasteiger partial charge in [0.2, 0.25) is 11.2 Å². The van der Waals surface area contributed by atoms with Crippen LogP contribution in [0.2, 0.25) is 5.28 Å². The Kier molecular flexibility index (Phi) is 3.53. The number of para-hydroxylation sites is 2. The highest BCUT2D eigenvalue weighted by Crippen LogP contribution is 2.33. The van der Waals surface area contributed by atoms with Crippen LogP contribution in [0.3, 0.4) is 0 Å².